The summed E-state index contributed by atoms with van der Waals surface area (Å²) in [6.07, 6.45) is 2.99. The first-order chi connectivity index (χ1) is 13.2. The molecule has 0 aliphatic heterocycles. The van der Waals surface area contributed by atoms with Gasteiger partial charge in [0.05, 0.1) is 22.8 Å². The third kappa shape index (κ3) is 3.09. The van der Waals surface area contributed by atoms with Crippen LogP contribution in [0.4, 0.5) is 0 Å². The largest absolute Gasteiger partial charge is 0.411 e. The van der Waals surface area contributed by atoms with E-state index in [-0.39, 0.29) is 10.8 Å². The van der Waals surface area contributed by atoms with E-state index in [0.29, 0.717) is 24.3 Å². The molecule has 0 unspecified atom stereocenters. The highest BCUT2D eigenvalue weighted by atomic mass is 16.4. The molecule has 5 heteroatoms. The first-order valence-corrected chi connectivity index (χ1v) is 9.78. The smallest absolute Gasteiger partial charge is 0.0898 e. The third-order valence-electron chi connectivity index (χ3n) is 5.81. The van der Waals surface area contributed by atoms with Crippen molar-refractivity contribution in [1.29, 1.82) is 0 Å². The fourth-order valence-electron chi connectivity index (χ4n) is 4.74. The summed E-state index contributed by atoms with van der Waals surface area (Å²) in [5, 5.41) is 27.0. The van der Waals surface area contributed by atoms with Crippen molar-refractivity contribution in [3.8, 4) is 11.1 Å². The maximum Gasteiger partial charge on any atom is 0.0898 e. The predicted octanol–water partition coefficient (Wildman–Crippen LogP) is 5.05. The molecule has 0 amide bonds. The van der Waals surface area contributed by atoms with E-state index < -0.39 is 0 Å². The van der Waals surface area contributed by atoms with E-state index in [4.69, 9.17) is 4.98 Å². The standard InChI is InChI=1S/C23H27N3O2/c1-22(2)10-15-20(17(12-22)25-27)19(14-8-6-5-7-9-14)21-16(24-15)11-23(3,4)13-18(21)26-28/h5-9,27-28H,10-13H2,1-4H3/b25-17-,26-18?. The van der Waals surface area contributed by atoms with Crippen LogP contribution in [0.3, 0.4) is 0 Å². The number of nitrogens with zero attached hydrogens (tertiary/aromatic N) is 3. The van der Waals surface area contributed by atoms with Gasteiger partial charge in [0.25, 0.3) is 0 Å². The van der Waals surface area contributed by atoms with Gasteiger partial charge in [-0.1, -0.05) is 68.3 Å². The van der Waals surface area contributed by atoms with Crippen molar-refractivity contribution < 1.29 is 10.4 Å². The topological polar surface area (TPSA) is 78.1 Å². The molecule has 0 saturated carbocycles. The minimum absolute atomic E-state index is 0.0260. The molecule has 0 bridgehead atoms. The number of benzene rings is 1. The second kappa shape index (κ2) is 6.43. The van der Waals surface area contributed by atoms with Crippen molar-refractivity contribution in [2.75, 3.05) is 0 Å². The molecule has 0 fully saturated rings. The number of rotatable bonds is 1. The first kappa shape index (κ1) is 18.7. The Morgan fingerprint density at radius 1 is 0.714 bits per heavy atom. The van der Waals surface area contributed by atoms with Crippen LogP contribution in [0.5, 0.6) is 0 Å². The van der Waals surface area contributed by atoms with Gasteiger partial charge in [-0.3, -0.25) is 4.98 Å². The van der Waals surface area contributed by atoms with E-state index in [1.54, 1.807) is 0 Å². The fourth-order valence-corrected chi connectivity index (χ4v) is 4.74. The SMILES string of the molecule is CC1(C)CC(=NO)c2c(nc3c(c2-c2ccccc2)/C(=N\O)CC(C)(C)C3)C1. The Hall–Kier alpha value is -2.69. The molecule has 28 heavy (non-hydrogen) atoms. The Bertz CT molecular complexity index is 930. The number of aromatic nitrogens is 1. The number of hydrogen-bond donors (Lipinski definition) is 2. The van der Waals surface area contributed by atoms with Crippen molar-refractivity contribution in [2.45, 2.75) is 53.4 Å². The lowest BCUT2D eigenvalue weighted by Gasteiger charge is -2.37. The molecule has 1 aromatic heterocycles. The summed E-state index contributed by atoms with van der Waals surface area (Å²) >= 11 is 0. The number of pyridine rings is 1. The highest BCUT2D eigenvalue weighted by Crippen LogP contribution is 2.45. The molecule has 5 nitrogen and oxygen atoms in total. The summed E-state index contributed by atoms with van der Waals surface area (Å²) in [6, 6.07) is 10.1. The van der Waals surface area contributed by atoms with Gasteiger partial charge < -0.3 is 10.4 Å². The second-order valence-corrected chi connectivity index (χ2v) is 9.63. The predicted molar refractivity (Wildman–Crippen MR) is 111 cm³/mol. The van der Waals surface area contributed by atoms with Crippen LogP contribution < -0.4 is 0 Å². The van der Waals surface area contributed by atoms with Gasteiger partial charge in [-0.15, -0.1) is 0 Å². The molecule has 0 atom stereocenters. The van der Waals surface area contributed by atoms with Crippen molar-refractivity contribution in [1.82, 2.24) is 4.98 Å². The minimum atomic E-state index is -0.0260. The van der Waals surface area contributed by atoms with Crippen molar-refractivity contribution in [2.24, 2.45) is 21.1 Å². The van der Waals surface area contributed by atoms with Crippen molar-refractivity contribution >= 4 is 11.4 Å². The first-order valence-electron chi connectivity index (χ1n) is 9.78. The molecule has 2 N–H and O–H groups in total. The summed E-state index contributed by atoms with van der Waals surface area (Å²) in [6.45, 7) is 8.70. The van der Waals surface area contributed by atoms with Crippen LogP contribution in [0, 0.1) is 10.8 Å². The van der Waals surface area contributed by atoms with Gasteiger partial charge in [-0.2, -0.15) is 0 Å². The van der Waals surface area contributed by atoms with Crippen molar-refractivity contribution in [3.63, 3.8) is 0 Å². The maximum absolute atomic E-state index is 9.83. The lowest BCUT2D eigenvalue weighted by Crippen LogP contribution is -2.34. The molecule has 2 aliphatic rings. The highest BCUT2D eigenvalue weighted by molar-refractivity contribution is 6.15. The normalized spacial score (nSPS) is 22.7. The van der Waals surface area contributed by atoms with Gasteiger partial charge in [0.1, 0.15) is 0 Å². The van der Waals surface area contributed by atoms with Crippen molar-refractivity contribution in [3.05, 3.63) is 52.8 Å². The van der Waals surface area contributed by atoms with Crippen LogP contribution in [-0.2, 0) is 12.8 Å². The van der Waals surface area contributed by atoms with Crippen LogP contribution in [-0.4, -0.2) is 26.8 Å². The Morgan fingerprint density at radius 3 is 1.61 bits per heavy atom. The molecule has 0 spiro atoms. The number of oxime groups is 2. The van der Waals surface area contributed by atoms with Crippen LogP contribution >= 0.6 is 0 Å². The Kier molecular flexibility index (Phi) is 4.29. The zero-order valence-corrected chi connectivity index (χ0v) is 17.0. The van der Waals surface area contributed by atoms with Gasteiger partial charge in [-0.25, -0.2) is 0 Å². The quantitative estimate of drug-likeness (QED) is 0.539. The van der Waals surface area contributed by atoms with Gasteiger partial charge in [-0.05, 0) is 42.1 Å². The minimum Gasteiger partial charge on any atom is -0.411 e. The highest BCUT2D eigenvalue weighted by Gasteiger charge is 2.39. The summed E-state index contributed by atoms with van der Waals surface area (Å²) < 4.78 is 0. The van der Waals surface area contributed by atoms with Crippen LogP contribution in [0.1, 0.15) is 63.1 Å². The lowest BCUT2D eigenvalue weighted by atomic mass is 9.69. The molecule has 1 heterocycles. The van der Waals surface area contributed by atoms with E-state index in [1.165, 1.54) is 0 Å². The molecule has 146 valence electrons. The van der Waals surface area contributed by atoms with Crippen LogP contribution in [0.25, 0.3) is 11.1 Å². The molecule has 0 radical (unpaired) electrons. The summed E-state index contributed by atoms with van der Waals surface area (Å²) in [7, 11) is 0. The average Bonchev–Trinajstić information content (AvgIpc) is 2.64. The van der Waals surface area contributed by atoms with E-state index in [2.05, 4.69) is 50.1 Å². The molecular formula is C23H27N3O2. The maximum atomic E-state index is 9.83. The van der Waals surface area contributed by atoms with E-state index in [9.17, 15) is 10.4 Å². The van der Waals surface area contributed by atoms with Gasteiger partial charge >= 0.3 is 0 Å². The molecule has 0 saturated heterocycles. The summed E-state index contributed by atoms with van der Waals surface area (Å²) in [5.41, 5.74) is 6.99. The molecule has 2 aliphatic carbocycles. The molecular weight excluding hydrogens is 350 g/mol. The van der Waals surface area contributed by atoms with E-state index in [0.717, 1.165) is 46.5 Å². The molecule has 1 aromatic carbocycles. The second-order valence-electron chi connectivity index (χ2n) is 9.63. The average molecular weight is 377 g/mol. The van der Waals surface area contributed by atoms with E-state index >= 15 is 0 Å². The Balaban J connectivity index is 2.11. The van der Waals surface area contributed by atoms with Crippen LogP contribution in [0.15, 0.2) is 40.6 Å². The van der Waals surface area contributed by atoms with Gasteiger partial charge in [0, 0.05) is 16.7 Å². The Labute approximate surface area is 165 Å². The molecule has 4 rings (SSSR count). The zero-order chi connectivity index (χ0) is 20.1. The third-order valence-corrected chi connectivity index (χ3v) is 5.81. The zero-order valence-electron chi connectivity index (χ0n) is 17.0. The van der Waals surface area contributed by atoms with E-state index in [1.807, 2.05) is 18.2 Å². The number of hydrogen-bond acceptors (Lipinski definition) is 5. The van der Waals surface area contributed by atoms with Gasteiger partial charge in [0.2, 0.25) is 0 Å². The summed E-state index contributed by atoms with van der Waals surface area (Å²) in [4.78, 5) is 5.04. The fraction of sp³-hybridized carbons (Fsp3) is 0.435. The van der Waals surface area contributed by atoms with Crippen LogP contribution in [0.2, 0.25) is 0 Å². The monoisotopic (exact) mass is 377 g/mol. The number of fused-ring (bicyclic) bond motifs is 2. The lowest BCUT2D eigenvalue weighted by molar-refractivity contribution is 0.303. The summed E-state index contributed by atoms with van der Waals surface area (Å²) in [5.74, 6) is 0. The molecule has 2 aromatic rings. The Morgan fingerprint density at radius 2 is 1.18 bits per heavy atom. The van der Waals surface area contributed by atoms with Gasteiger partial charge in [0.15, 0.2) is 0 Å².